The van der Waals surface area contributed by atoms with Gasteiger partial charge in [0.2, 0.25) is 5.95 Å². The number of nitrogens with zero attached hydrogens (tertiary/aromatic N) is 3. The number of anilines is 2. The Morgan fingerprint density at radius 1 is 1.21 bits per heavy atom. The van der Waals surface area contributed by atoms with Gasteiger partial charge in [-0.1, -0.05) is 25.1 Å². The fourth-order valence-corrected chi connectivity index (χ4v) is 2.15. The van der Waals surface area contributed by atoms with Crippen molar-refractivity contribution < 1.29 is 0 Å². The number of benzene rings is 1. The lowest BCUT2D eigenvalue weighted by molar-refractivity contribution is 0.739. The molecule has 1 heterocycles. The molecule has 19 heavy (non-hydrogen) atoms. The highest BCUT2D eigenvalue weighted by Gasteiger charge is 2.10. The molecule has 1 aromatic heterocycles. The molecule has 0 bridgehead atoms. The van der Waals surface area contributed by atoms with Crippen molar-refractivity contribution in [3.63, 3.8) is 0 Å². The predicted octanol–water partition coefficient (Wildman–Crippen LogP) is 3.08. The van der Waals surface area contributed by atoms with E-state index in [2.05, 4.69) is 44.4 Å². The van der Waals surface area contributed by atoms with E-state index in [4.69, 9.17) is 5.73 Å². The fraction of sp³-hybridized carbons (Fsp3) is 0.286. The van der Waals surface area contributed by atoms with Gasteiger partial charge in [0, 0.05) is 34.7 Å². The van der Waals surface area contributed by atoms with Gasteiger partial charge in [0.25, 0.3) is 0 Å². The molecule has 0 spiro atoms. The van der Waals surface area contributed by atoms with E-state index in [-0.39, 0.29) is 0 Å². The Hall–Kier alpha value is -1.37. The zero-order valence-corrected chi connectivity index (χ0v) is 13.0. The Balaban J connectivity index is 2.21. The van der Waals surface area contributed by atoms with Gasteiger partial charge in [0.05, 0.1) is 0 Å². The topological polar surface area (TPSA) is 55.0 Å². The maximum absolute atomic E-state index is 6.00. The molecule has 5 heteroatoms. The van der Waals surface area contributed by atoms with Crippen molar-refractivity contribution in [3.05, 3.63) is 45.8 Å². The Kier molecular flexibility index (Phi) is 4.95. The van der Waals surface area contributed by atoms with E-state index in [1.807, 2.05) is 36.7 Å². The zero-order chi connectivity index (χ0) is 13.7. The van der Waals surface area contributed by atoms with Gasteiger partial charge in [-0.05, 0) is 40.6 Å². The Labute approximate surface area is 127 Å². The lowest BCUT2D eigenvalue weighted by Gasteiger charge is -2.22. The maximum Gasteiger partial charge on any atom is 0.225 e. The molecule has 0 aliphatic carbocycles. The first-order valence-electron chi connectivity index (χ1n) is 6.26. The lowest BCUT2D eigenvalue weighted by Crippen LogP contribution is -2.26. The summed E-state index contributed by atoms with van der Waals surface area (Å²) < 4.78 is 1.04. The van der Waals surface area contributed by atoms with Crippen LogP contribution < -0.4 is 10.6 Å². The monoisotopic (exact) mass is 368 g/mol. The van der Waals surface area contributed by atoms with Crippen LogP contribution in [0, 0.1) is 3.57 Å². The molecule has 0 aliphatic rings. The number of rotatable bonds is 5. The second kappa shape index (κ2) is 6.70. The van der Waals surface area contributed by atoms with Crippen LogP contribution in [0.3, 0.4) is 0 Å². The molecule has 0 radical (unpaired) electrons. The van der Waals surface area contributed by atoms with Gasteiger partial charge < -0.3 is 10.6 Å². The molecule has 0 aliphatic heterocycles. The van der Waals surface area contributed by atoms with Crippen LogP contribution in [0.4, 0.5) is 11.6 Å². The molecule has 2 rings (SSSR count). The normalized spacial score (nSPS) is 10.4. The second-order valence-corrected chi connectivity index (χ2v) is 5.57. The molecule has 4 nitrogen and oxygen atoms in total. The van der Waals surface area contributed by atoms with Crippen LogP contribution in [0.1, 0.15) is 18.9 Å². The van der Waals surface area contributed by atoms with E-state index in [1.165, 1.54) is 0 Å². The van der Waals surface area contributed by atoms with Gasteiger partial charge in [-0.2, -0.15) is 0 Å². The number of para-hydroxylation sites is 1. The predicted molar refractivity (Wildman–Crippen MR) is 86.9 cm³/mol. The van der Waals surface area contributed by atoms with Gasteiger partial charge in [0.1, 0.15) is 0 Å². The first-order chi connectivity index (χ1) is 9.20. The third-order valence-corrected chi connectivity index (χ3v) is 3.36. The Morgan fingerprint density at radius 2 is 1.89 bits per heavy atom. The van der Waals surface area contributed by atoms with Gasteiger partial charge in [0.15, 0.2) is 0 Å². The lowest BCUT2D eigenvalue weighted by atomic mass is 10.1. The Morgan fingerprint density at radius 3 is 2.53 bits per heavy atom. The minimum Gasteiger partial charge on any atom is -0.398 e. The summed E-state index contributed by atoms with van der Waals surface area (Å²) in [6.07, 6.45) is 4.71. The summed E-state index contributed by atoms with van der Waals surface area (Å²) in [6.45, 7) is 3.80. The molecular weight excluding hydrogens is 351 g/mol. The van der Waals surface area contributed by atoms with E-state index < -0.39 is 0 Å². The van der Waals surface area contributed by atoms with Crippen molar-refractivity contribution >= 4 is 34.2 Å². The molecule has 0 saturated carbocycles. The van der Waals surface area contributed by atoms with Crippen LogP contribution in [-0.2, 0) is 6.54 Å². The molecule has 0 amide bonds. The molecule has 100 valence electrons. The molecule has 1 aromatic carbocycles. The average Bonchev–Trinajstić information content (AvgIpc) is 2.42. The molecular formula is C14H17IN4. The van der Waals surface area contributed by atoms with Crippen molar-refractivity contribution in [2.24, 2.45) is 0 Å². The zero-order valence-electron chi connectivity index (χ0n) is 10.9. The molecule has 0 atom stereocenters. The number of hydrogen-bond acceptors (Lipinski definition) is 4. The third kappa shape index (κ3) is 3.79. The highest BCUT2D eigenvalue weighted by Crippen LogP contribution is 2.17. The third-order valence-electron chi connectivity index (χ3n) is 2.80. The van der Waals surface area contributed by atoms with Crippen molar-refractivity contribution in [1.82, 2.24) is 9.97 Å². The van der Waals surface area contributed by atoms with Crippen LogP contribution in [0.15, 0.2) is 36.7 Å². The summed E-state index contributed by atoms with van der Waals surface area (Å²) in [6, 6.07) is 7.92. The average molecular weight is 368 g/mol. The highest BCUT2D eigenvalue weighted by atomic mass is 127. The maximum atomic E-state index is 6.00. The van der Waals surface area contributed by atoms with Crippen molar-refractivity contribution in [3.8, 4) is 0 Å². The number of halogens is 1. The van der Waals surface area contributed by atoms with Gasteiger partial charge in [-0.25, -0.2) is 9.97 Å². The van der Waals surface area contributed by atoms with Crippen LogP contribution in [-0.4, -0.2) is 16.5 Å². The van der Waals surface area contributed by atoms with Crippen LogP contribution in [0.25, 0.3) is 0 Å². The number of nitrogen functional groups attached to an aromatic ring is 1. The number of aromatic nitrogens is 2. The summed E-state index contributed by atoms with van der Waals surface area (Å²) in [5.74, 6) is 0.755. The molecule has 0 saturated heterocycles. The minimum atomic E-state index is 0.737. The van der Waals surface area contributed by atoms with Gasteiger partial charge in [-0.15, -0.1) is 0 Å². The van der Waals surface area contributed by atoms with Crippen molar-refractivity contribution in [1.29, 1.82) is 0 Å². The number of nitrogens with two attached hydrogens (primary N) is 1. The summed E-state index contributed by atoms with van der Waals surface area (Å²) in [4.78, 5) is 10.9. The molecule has 2 aromatic rings. The van der Waals surface area contributed by atoms with Crippen LogP contribution in [0.5, 0.6) is 0 Å². The first-order valence-corrected chi connectivity index (χ1v) is 7.34. The Bertz CT molecular complexity index is 527. The quantitative estimate of drug-likeness (QED) is 0.651. The summed E-state index contributed by atoms with van der Waals surface area (Å²) in [5, 5.41) is 0. The molecule has 0 unspecified atom stereocenters. The van der Waals surface area contributed by atoms with Crippen LogP contribution >= 0.6 is 22.6 Å². The van der Waals surface area contributed by atoms with Crippen molar-refractivity contribution in [2.75, 3.05) is 17.2 Å². The first kappa shape index (κ1) is 14.0. The van der Waals surface area contributed by atoms with E-state index in [0.717, 1.165) is 40.3 Å². The summed E-state index contributed by atoms with van der Waals surface area (Å²) in [7, 11) is 0. The van der Waals surface area contributed by atoms with E-state index in [1.54, 1.807) is 0 Å². The van der Waals surface area contributed by atoms with Gasteiger partial charge >= 0.3 is 0 Å². The molecule has 0 fully saturated rings. The van der Waals surface area contributed by atoms with Gasteiger partial charge in [-0.3, -0.25) is 0 Å². The highest BCUT2D eigenvalue weighted by molar-refractivity contribution is 14.1. The summed E-state index contributed by atoms with van der Waals surface area (Å²) in [5.41, 5.74) is 7.92. The van der Waals surface area contributed by atoms with E-state index in [9.17, 15) is 0 Å². The van der Waals surface area contributed by atoms with Crippen molar-refractivity contribution in [2.45, 2.75) is 19.9 Å². The fourth-order valence-electron chi connectivity index (χ4n) is 1.87. The number of hydrogen-bond donors (Lipinski definition) is 1. The molecule has 2 N–H and O–H groups in total. The second-order valence-electron chi connectivity index (χ2n) is 4.32. The van der Waals surface area contributed by atoms with E-state index in [0.29, 0.717) is 0 Å². The van der Waals surface area contributed by atoms with Crippen LogP contribution in [0.2, 0.25) is 0 Å². The largest absolute Gasteiger partial charge is 0.398 e. The SMILES string of the molecule is CCCN(Cc1ccccc1N)c1ncc(I)cn1. The smallest absolute Gasteiger partial charge is 0.225 e. The minimum absolute atomic E-state index is 0.737. The van der Waals surface area contributed by atoms with E-state index >= 15 is 0 Å². The summed E-state index contributed by atoms with van der Waals surface area (Å²) >= 11 is 2.21. The standard InChI is InChI=1S/C14H17IN4/c1-2-7-19(14-17-8-12(15)9-18-14)10-11-5-3-4-6-13(11)16/h3-6,8-9H,2,7,10,16H2,1H3.